The molecule has 0 fully saturated rings. The number of carbonyl (C=O) groups is 1. The van der Waals surface area contributed by atoms with Gasteiger partial charge in [-0.15, -0.1) is 11.3 Å². The van der Waals surface area contributed by atoms with Crippen molar-refractivity contribution >= 4 is 41.2 Å². The number of aromatic nitrogens is 1. The van der Waals surface area contributed by atoms with Crippen molar-refractivity contribution in [2.24, 2.45) is 0 Å². The van der Waals surface area contributed by atoms with Crippen molar-refractivity contribution in [3.05, 3.63) is 83.6 Å². The molecule has 2 aromatic heterocycles. The molecule has 0 atom stereocenters. The van der Waals surface area contributed by atoms with E-state index >= 15 is 0 Å². The van der Waals surface area contributed by atoms with Gasteiger partial charge in [-0.25, -0.2) is 13.8 Å². The maximum absolute atomic E-state index is 13.9. The number of nitrogens with two attached hydrogens (primary N) is 1. The average molecular weight is 497 g/mol. The third-order valence-corrected chi connectivity index (χ3v) is 7.26. The van der Waals surface area contributed by atoms with E-state index in [-0.39, 0.29) is 5.69 Å². The minimum absolute atomic E-state index is 0.157. The largest absolute Gasteiger partial charge is 0.383 e. The number of hydrogen-bond acceptors (Lipinski definition) is 6. The Bertz CT molecular complexity index is 1340. The summed E-state index contributed by atoms with van der Waals surface area (Å²) in [5.41, 5.74) is 10.3. The summed E-state index contributed by atoms with van der Waals surface area (Å²) in [4.78, 5) is 19.6. The Morgan fingerprint density at radius 1 is 1.09 bits per heavy atom. The summed E-state index contributed by atoms with van der Waals surface area (Å²) in [6.45, 7) is 2.58. The number of pyridine rings is 1. The lowest BCUT2D eigenvalue weighted by Crippen LogP contribution is -2.15. The van der Waals surface area contributed by atoms with E-state index in [4.69, 9.17) is 5.73 Å². The molecule has 4 rings (SSSR count). The minimum atomic E-state index is -0.685. The number of amides is 1. The van der Waals surface area contributed by atoms with E-state index in [2.05, 4.69) is 27.9 Å². The van der Waals surface area contributed by atoms with Crippen molar-refractivity contribution in [1.29, 1.82) is 0 Å². The predicted molar refractivity (Wildman–Crippen MR) is 136 cm³/mol. The Kier molecular flexibility index (Phi) is 7.14. The van der Waals surface area contributed by atoms with Crippen LogP contribution in [0.1, 0.15) is 11.1 Å². The van der Waals surface area contributed by atoms with Gasteiger partial charge < -0.3 is 15.4 Å². The first-order valence-corrected chi connectivity index (χ1v) is 12.0. The van der Waals surface area contributed by atoms with Crippen LogP contribution in [0.25, 0.3) is 20.9 Å². The predicted octanol–water partition coefficient (Wildman–Crippen LogP) is 6.35. The topological polar surface area (TPSA) is 71.2 Å². The molecule has 0 unspecified atom stereocenters. The number of nitrogens with one attached hydrogen (secondary N) is 1. The lowest BCUT2D eigenvalue weighted by atomic mass is 10.0. The second kappa shape index (κ2) is 10.2. The highest BCUT2D eigenvalue weighted by Crippen LogP contribution is 2.37. The molecule has 4 aromatic rings. The molecule has 0 aliphatic carbocycles. The molecule has 0 radical (unpaired) electrons. The molecule has 3 N–H and O–H groups in total. The zero-order chi connectivity index (χ0) is 24.2. The van der Waals surface area contributed by atoms with Crippen LogP contribution in [0.5, 0.6) is 0 Å². The van der Waals surface area contributed by atoms with Crippen molar-refractivity contribution in [3.8, 4) is 20.9 Å². The standard InChI is InChI=1S/C25H22F2N4OS2/c1-15-3-4-16(9-18(15)13-31(2)14-32)22-7-8-23(33-22)17-10-24(25(28)29-12-17)34-30-21-6-5-19(26)11-20(21)27/h3-12,14,30H,13H2,1-2H3,(H2,28,29). The maximum atomic E-state index is 13.9. The van der Waals surface area contributed by atoms with Crippen LogP contribution in [0.3, 0.4) is 0 Å². The fourth-order valence-electron chi connectivity index (χ4n) is 3.30. The van der Waals surface area contributed by atoms with E-state index in [1.165, 1.54) is 12.1 Å². The third-order valence-electron chi connectivity index (χ3n) is 5.21. The van der Waals surface area contributed by atoms with Gasteiger partial charge in [0.1, 0.15) is 17.5 Å². The number of thiophene rings is 1. The highest BCUT2D eigenvalue weighted by atomic mass is 32.2. The molecule has 2 heterocycles. The molecule has 174 valence electrons. The van der Waals surface area contributed by atoms with Crippen LogP contribution in [0.2, 0.25) is 0 Å². The summed E-state index contributed by atoms with van der Waals surface area (Å²) in [6, 6.07) is 15.5. The van der Waals surface area contributed by atoms with E-state index in [0.717, 1.165) is 56.4 Å². The summed E-state index contributed by atoms with van der Waals surface area (Å²) in [5, 5.41) is 0. The average Bonchev–Trinajstić information content (AvgIpc) is 3.31. The molecular formula is C25H22F2N4OS2. The first-order chi connectivity index (χ1) is 16.3. The van der Waals surface area contributed by atoms with Gasteiger partial charge in [0.25, 0.3) is 0 Å². The Morgan fingerprint density at radius 2 is 1.85 bits per heavy atom. The fourth-order valence-corrected chi connectivity index (χ4v) is 5.02. The number of nitrogen functional groups attached to an aromatic ring is 1. The van der Waals surface area contributed by atoms with Crippen molar-refractivity contribution in [3.63, 3.8) is 0 Å². The molecule has 5 nitrogen and oxygen atoms in total. The smallest absolute Gasteiger partial charge is 0.209 e. The molecule has 0 saturated carbocycles. The van der Waals surface area contributed by atoms with Gasteiger partial charge >= 0.3 is 0 Å². The number of anilines is 2. The van der Waals surface area contributed by atoms with Crippen molar-refractivity contribution < 1.29 is 13.6 Å². The Hall–Kier alpha value is -3.43. The minimum Gasteiger partial charge on any atom is -0.383 e. The summed E-state index contributed by atoms with van der Waals surface area (Å²) in [7, 11) is 1.76. The van der Waals surface area contributed by atoms with Crippen LogP contribution < -0.4 is 10.5 Å². The zero-order valence-corrected chi connectivity index (χ0v) is 20.1. The monoisotopic (exact) mass is 496 g/mol. The number of benzene rings is 2. The van der Waals surface area contributed by atoms with E-state index in [1.54, 1.807) is 29.5 Å². The van der Waals surface area contributed by atoms with Gasteiger partial charge in [0.15, 0.2) is 0 Å². The van der Waals surface area contributed by atoms with E-state index in [9.17, 15) is 13.6 Å². The first-order valence-electron chi connectivity index (χ1n) is 10.3. The van der Waals surface area contributed by atoms with Gasteiger partial charge in [0.05, 0.1) is 10.6 Å². The van der Waals surface area contributed by atoms with Crippen molar-refractivity contribution in [2.45, 2.75) is 18.4 Å². The summed E-state index contributed by atoms with van der Waals surface area (Å²) in [6.07, 6.45) is 2.52. The number of nitrogens with zero attached hydrogens (tertiary/aromatic N) is 2. The number of aryl methyl sites for hydroxylation is 1. The second-order valence-electron chi connectivity index (χ2n) is 7.76. The summed E-state index contributed by atoms with van der Waals surface area (Å²) < 4.78 is 29.9. The van der Waals surface area contributed by atoms with Crippen LogP contribution in [0.15, 0.2) is 65.7 Å². The molecule has 0 saturated heterocycles. The van der Waals surface area contributed by atoms with Crippen LogP contribution in [-0.4, -0.2) is 23.3 Å². The lowest BCUT2D eigenvalue weighted by molar-refractivity contribution is -0.117. The molecule has 9 heteroatoms. The van der Waals surface area contributed by atoms with Gasteiger partial charge in [0, 0.05) is 41.2 Å². The van der Waals surface area contributed by atoms with Gasteiger partial charge in [-0.05, 0) is 72.0 Å². The van der Waals surface area contributed by atoms with E-state index in [0.29, 0.717) is 17.3 Å². The van der Waals surface area contributed by atoms with Gasteiger partial charge in [-0.3, -0.25) is 4.79 Å². The summed E-state index contributed by atoms with van der Waals surface area (Å²) >= 11 is 2.73. The highest BCUT2D eigenvalue weighted by Gasteiger charge is 2.12. The van der Waals surface area contributed by atoms with Crippen LogP contribution in [0, 0.1) is 18.6 Å². The molecule has 0 aliphatic heterocycles. The molecule has 2 aromatic carbocycles. The van der Waals surface area contributed by atoms with Crippen LogP contribution in [0.4, 0.5) is 20.3 Å². The highest BCUT2D eigenvalue weighted by molar-refractivity contribution is 8.00. The molecule has 0 bridgehead atoms. The quantitative estimate of drug-likeness (QED) is 0.220. The SMILES string of the molecule is Cc1ccc(-c2ccc(-c3cnc(N)c(SNc4ccc(F)cc4F)c3)s2)cc1CN(C)C=O. The Morgan fingerprint density at radius 3 is 2.59 bits per heavy atom. The molecular weight excluding hydrogens is 474 g/mol. The number of rotatable bonds is 8. The number of hydrogen-bond donors (Lipinski definition) is 2. The molecule has 0 aliphatic rings. The van der Waals surface area contributed by atoms with Crippen molar-refractivity contribution in [2.75, 3.05) is 17.5 Å². The first kappa shape index (κ1) is 23.7. The van der Waals surface area contributed by atoms with Gasteiger partial charge in [0.2, 0.25) is 6.41 Å². The van der Waals surface area contributed by atoms with E-state index in [1.807, 2.05) is 25.1 Å². The van der Waals surface area contributed by atoms with E-state index < -0.39 is 11.6 Å². The number of carbonyl (C=O) groups excluding carboxylic acids is 1. The lowest BCUT2D eigenvalue weighted by Gasteiger charge is -2.14. The van der Waals surface area contributed by atoms with Crippen molar-refractivity contribution in [1.82, 2.24) is 9.88 Å². The third kappa shape index (κ3) is 5.37. The molecule has 1 amide bonds. The molecule has 0 spiro atoms. The van der Waals surface area contributed by atoms with Crippen LogP contribution in [-0.2, 0) is 11.3 Å². The number of halogens is 2. The summed E-state index contributed by atoms with van der Waals surface area (Å²) in [5.74, 6) is -1.01. The fraction of sp³-hybridized carbons (Fsp3) is 0.120. The van der Waals surface area contributed by atoms with Gasteiger partial charge in [-0.2, -0.15) is 0 Å². The zero-order valence-electron chi connectivity index (χ0n) is 18.5. The van der Waals surface area contributed by atoms with Gasteiger partial charge in [-0.1, -0.05) is 12.1 Å². The Labute approximate surface area is 204 Å². The maximum Gasteiger partial charge on any atom is 0.209 e. The van der Waals surface area contributed by atoms with Crippen LogP contribution >= 0.6 is 23.3 Å². The second-order valence-corrected chi connectivity index (χ2v) is 9.69. The normalized spacial score (nSPS) is 10.8. The Balaban J connectivity index is 1.56. The molecule has 34 heavy (non-hydrogen) atoms.